The molecule has 1 aromatic carbocycles. The van der Waals surface area contributed by atoms with Crippen LogP contribution in [0.3, 0.4) is 0 Å². The van der Waals surface area contributed by atoms with Gasteiger partial charge in [-0.15, -0.1) is 0 Å². The number of ether oxygens (including phenoxy) is 1. The van der Waals surface area contributed by atoms with Crippen molar-refractivity contribution < 1.29 is 29.0 Å². The highest BCUT2D eigenvalue weighted by atomic mass is 32.2. The molecule has 8 nitrogen and oxygen atoms in total. The molecule has 1 aliphatic carbocycles. The minimum Gasteiger partial charge on any atom is -0.508 e. The first kappa shape index (κ1) is 29.7. The lowest BCUT2D eigenvalue weighted by Gasteiger charge is -2.33. The number of esters is 1. The standard InChI is InChI=1S/C27H40N2O6S/c1-5-7-16-35-25(33)21(17-19-10-12-20(30)13-11-19)28-26(34)27(14-8-9-15-27)29-24(32)23(18(3)4)36-22(31)6-2/h10-13,18,21,23,30H,5-9,14-17H2,1-4H3,(H,28,34)(H,29,32)/t21-,23-/m0/s1. The highest BCUT2D eigenvalue weighted by Crippen LogP contribution is 2.32. The maximum atomic E-state index is 13.6. The monoisotopic (exact) mass is 520 g/mol. The molecule has 0 aromatic heterocycles. The predicted octanol–water partition coefficient (Wildman–Crippen LogP) is 3.89. The quantitative estimate of drug-likeness (QED) is 0.266. The Kier molecular flexibility index (Phi) is 11.8. The van der Waals surface area contributed by atoms with Crippen LogP contribution in [-0.2, 0) is 30.3 Å². The molecule has 0 spiro atoms. The zero-order valence-corrected chi connectivity index (χ0v) is 22.6. The number of thioether (sulfide) groups is 1. The van der Waals surface area contributed by atoms with Crippen molar-refractivity contribution in [2.75, 3.05) is 6.61 Å². The molecule has 2 rings (SSSR count). The Morgan fingerprint density at radius 2 is 1.72 bits per heavy atom. The van der Waals surface area contributed by atoms with Crippen molar-refractivity contribution in [3.05, 3.63) is 29.8 Å². The third-order valence-corrected chi connectivity index (χ3v) is 7.94. The number of unbranched alkanes of at least 4 members (excludes halogenated alkanes) is 1. The van der Waals surface area contributed by atoms with Crippen molar-refractivity contribution >= 4 is 34.7 Å². The van der Waals surface area contributed by atoms with E-state index in [0.717, 1.165) is 43.0 Å². The largest absolute Gasteiger partial charge is 0.508 e. The molecule has 2 atom stereocenters. The van der Waals surface area contributed by atoms with E-state index in [0.29, 0.717) is 19.3 Å². The summed E-state index contributed by atoms with van der Waals surface area (Å²) >= 11 is 1.01. The van der Waals surface area contributed by atoms with Crippen LogP contribution in [0.1, 0.15) is 78.2 Å². The van der Waals surface area contributed by atoms with E-state index in [9.17, 15) is 24.3 Å². The van der Waals surface area contributed by atoms with Crippen LogP contribution in [-0.4, -0.2) is 51.4 Å². The number of benzene rings is 1. The first-order valence-electron chi connectivity index (χ1n) is 12.9. The van der Waals surface area contributed by atoms with E-state index in [1.54, 1.807) is 19.1 Å². The lowest BCUT2D eigenvalue weighted by molar-refractivity contribution is -0.149. The second-order valence-corrected chi connectivity index (χ2v) is 10.9. The summed E-state index contributed by atoms with van der Waals surface area (Å²) in [6.45, 7) is 7.76. The van der Waals surface area contributed by atoms with E-state index >= 15 is 0 Å². The van der Waals surface area contributed by atoms with Gasteiger partial charge in [0, 0.05) is 12.8 Å². The van der Waals surface area contributed by atoms with Crippen molar-refractivity contribution in [1.29, 1.82) is 0 Å². The van der Waals surface area contributed by atoms with E-state index in [2.05, 4.69) is 10.6 Å². The van der Waals surface area contributed by atoms with Gasteiger partial charge in [-0.05, 0) is 42.9 Å². The van der Waals surface area contributed by atoms with Gasteiger partial charge < -0.3 is 20.5 Å². The number of phenols is 1. The second-order valence-electron chi connectivity index (χ2n) is 9.70. The van der Waals surface area contributed by atoms with Crippen molar-refractivity contribution in [3.63, 3.8) is 0 Å². The second kappa shape index (κ2) is 14.3. The van der Waals surface area contributed by atoms with Crippen molar-refractivity contribution in [2.45, 2.75) is 95.9 Å². The number of aromatic hydroxyl groups is 1. The Balaban J connectivity index is 2.22. The highest BCUT2D eigenvalue weighted by Gasteiger charge is 2.45. The van der Waals surface area contributed by atoms with Crippen LogP contribution in [0.4, 0.5) is 0 Å². The maximum absolute atomic E-state index is 13.6. The molecule has 1 saturated carbocycles. The lowest BCUT2D eigenvalue weighted by Crippen LogP contribution is -2.61. The molecule has 0 heterocycles. The average molecular weight is 521 g/mol. The summed E-state index contributed by atoms with van der Waals surface area (Å²) < 4.78 is 5.41. The first-order chi connectivity index (χ1) is 17.1. The fraction of sp³-hybridized carbons (Fsp3) is 0.630. The summed E-state index contributed by atoms with van der Waals surface area (Å²) in [5, 5.41) is 14.7. The molecule has 1 fully saturated rings. The molecule has 200 valence electrons. The van der Waals surface area contributed by atoms with E-state index in [1.165, 1.54) is 12.1 Å². The number of rotatable bonds is 13. The topological polar surface area (TPSA) is 122 Å². The summed E-state index contributed by atoms with van der Waals surface area (Å²) in [7, 11) is 0. The molecule has 0 saturated heterocycles. The van der Waals surface area contributed by atoms with Crippen LogP contribution in [0.2, 0.25) is 0 Å². The van der Waals surface area contributed by atoms with Crippen LogP contribution in [0, 0.1) is 5.92 Å². The molecular weight excluding hydrogens is 480 g/mol. The molecule has 3 N–H and O–H groups in total. The van der Waals surface area contributed by atoms with Gasteiger partial charge in [0.2, 0.25) is 11.8 Å². The summed E-state index contributed by atoms with van der Waals surface area (Å²) in [6, 6.07) is 5.49. The minimum absolute atomic E-state index is 0.0717. The summed E-state index contributed by atoms with van der Waals surface area (Å²) in [4.78, 5) is 51.8. The Morgan fingerprint density at radius 1 is 1.08 bits per heavy atom. The molecular formula is C27H40N2O6S. The number of carbonyl (C=O) groups is 4. The van der Waals surface area contributed by atoms with Crippen LogP contribution >= 0.6 is 11.8 Å². The van der Waals surface area contributed by atoms with Crippen LogP contribution in [0.25, 0.3) is 0 Å². The minimum atomic E-state index is -1.14. The predicted molar refractivity (Wildman–Crippen MR) is 140 cm³/mol. The Hall–Kier alpha value is -2.55. The molecule has 9 heteroatoms. The van der Waals surface area contributed by atoms with Crippen LogP contribution in [0.5, 0.6) is 5.75 Å². The number of hydrogen-bond donors (Lipinski definition) is 3. The maximum Gasteiger partial charge on any atom is 0.328 e. The van der Waals surface area contributed by atoms with Gasteiger partial charge in [0.1, 0.15) is 17.3 Å². The molecule has 1 aromatic rings. The summed E-state index contributed by atoms with van der Waals surface area (Å²) in [5.74, 6) is -1.28. The van der Waals surface area contributed by atoms with Crippen molar-refractivity contribution in [3.8, 4) is 5.75 Å². The van der Waals surface area contributed by atoms with Gasteiger partial charge in [0.25, 0.3) is 0 Å². The van der Waals surface area contributed by atoms with Gasteiger partial charge in [-0.2, -0.15) is 0 Å². The van der Waals surface area contributed by atoms with E-state index in [-0.39, 0.29) is 35.7 Å². The Morgan fingerprint density at radius 3 is 2.28 bits per heavy atom. The van der Waals surface area contributed by atoms with Crippen molar-refractivity contribution in [1.82, 2.24) is 10.6 Å². The number of hydrogen-bond acceptors (Lipinski definition) is 7. The zero-order chi connectivity index (χ0) is 26.7. The van der Waals surface area contributed by atoms with Crippen LogP contribution < -0.4 is 10.6 Å². The third kappa shape index (κ3) is 8.54. The summed E-state index contributed by atoms with van der Waals surface area (Å²) in [6.07, 6.45) is 4.55. The van der Waals surface area contributed by atoms with Gasteiger partial charge in [0.05, 0.1) is 11.9 Å². The van der Waals surface area contributed by atoms with Crippen LogP contribution in [0.15, 0.2) is 24.3 Å². The Labute approximate surface area is 218 Å². The molecule has 0 radical (unpaired) electrons. The Bertz CT molecular complexity index is 896. The number of amides is 2. The molecule has 1 aliphatic rings. The fourth-order valence-corrected chi connectivity index (χ4v) is 5.07. The van der Waals surface area contributed by atoms with E-state index < -0.39 is 28.7 Å². The van der Waals surface area contributed by atoms with Gasteiger partial charge in [-0.3, -0.25) is 14.4 Å². The molecule has 36 heavy (non-hydrogen) atoms. The average Bonchev–Trinajstić information content (AvgIpc) is 3.32. The zero-order valence-electron chi connectivity index (χ0n) is 21.8. The number of nitrogens with one attached hydrogen (secondary N) is 2. The van der Waals surface area contributed by atoms with Gasteiger partial charge in [0.15, 0.2) is 5.12 Å². The van der Waals surface area contributed by atoms with Gasteiger partial charge >= 0.3 is 5.97 Å². The molecule has 0 aliphatic heterocycles. The summed E-state index contributed by atoms with van der Waals surface area (Å²) in [5.41, 5.74) is -0.388. The van der Waals surface area contributed by atoms with E-state index in [4.69, 9.17) is 4.74 Å². The SMILES string of the molecule is CCCCOC(=O)[C@H](Cc1ccc(O)cc1)NC(=O)C1(NC(=O)[C@@H](SC(=O)CC)C(C)C)CCCC1. The van der Waals surface area contributed by atoms with E-state index in [1.807, 2.05) is 20.8 Å². The van der Waals surface area contributed by atoms with Gasteiger partial charge in [-0.1, -0.05) is 70.9 Å². The number of carbonyl (C=O) groups excluding carboxylic acids is 4. The molecule has 2 amide bonds. The molecule has 0 bridgehead atoms. The third-order valence-electron chi connectivity index (χ3n) is 6.37. The van der Waals surface area contributed by atoms with Gasteiger partial charge in [-0.25, -0.2) is 4.79 Å². The molecule has 0 unspecified atom stereocenters. The lowest BCUT2D eigenvalue weighted by atomic mass is 9.94. The van der Waals surface area contributed by atoms with Crippen molar-refractivity contribution in [2.24, 2.45) is 5.92 Å². The highest BCUT2D eigenvalue weighted by molar-refractivity contribution is 8.14. The fourth-order valence-electron chi connectivity index (χ4n) is 4.19. The smallest absolute Gasteiger partial charge is 0.328 e. The number of phenolic OH excluding ortho intramolecular Hbond substituents is 1. The normalized spacial score (nSPS) is 16.2. The first-order valence-corrected chi connectivity index (χ1v) is 13.8.